The van der Waals surface area contributed by atoms with Crippen molar-refractivity contribution in [3.05, 3.63) is 54.1 Å². The predicted octanol–water partition coefficient (Wildman–Crippen LogP) is 2.71. The average Bonchev–Trinajstić information content (AvgIpc) is 3.01. The molecule has 4 heteroatoms. The number of nitrogens with zero attached hydrogens (tertiary/aromatic N) is 2. The van der Waals surface area contributed by atoms with Gasteiger partial charge in [-0.05, 0) is 29.7 Å². The molecule has 0 unspecified atom stereocenters. The van der Waals surface area contributed by atoms with Crippen LogP contribution in [-0.4, -0.2) is 35.1 Å². The molecule has 3 rings (SSSR count). The molecule has 0 spiro atoms. The molecule has 0 bridgehead atoms. The highest BCUT2D eigenvalue weighted by Crippen LogP contribution is 2.25. The number of aromatic nitrogens is 2. The summed E-state index contributed by atoms with van der Waals surface area (Å²) in [5.41, 5.74) is 3.85. The third-order valence-corrected chi connectivity index (χ3v) is 3.68. The molecule has 1 aliphatic heterocycles. The maximum Gasteiger partial charge on any atom is 0.119 e. The molecule has 0 aliphatic carbocycles. The number of nitrogens with one attached hydrogen (secondary N) is 1. The molecular weight excluding hydrogens is 250 g/mol. The van der Waals surface area contributed by atoms with Crippen LogP contribution in [0.15, 0.2) is 42.9 Å². The first-order chi connectivity index (χ1) is 9.85. The largest absolute Gasteiger partial charge is 0.497 e. The van der Waals surface area contributed by atoms with Crippen LogP contribution in [0.1, 0.15) is 17.7 Å². The lowest BCUT2D eigenvalue weighted by Gasteiger charge is -2.26. The number of imidazole rings is 1. The molecule has 0 atom stereocenters. The number of rotatable bonds is 4. The van der Waals surface area contributed by atoms with E-state index in [0.717, 1.165) is 31.8 Å². The van der Waals surface area contributed by atoms with E-state index in [9.17, 15) is 0 Å². The number of benzene rings is 1. The van der Waals surface area contributed by atoms with Crippen LogP contribution in [0, 0.1) is 0 Å². The Bertz CT molecular complexity index is 590. The van der Waals surface area contributed by atoms with Gasteiger partial charge in [0, 0.05) is 31.5 Å². The summed E-state index contributed by atoms with van der Waals surface area (Å²) in [6.07, 6.45) is 7.01. The van der Waals surface area contributed by atoms with Gasteiger partial charge in [-0.25, -0.2) is 4.98 Å². The third kappa shape index (κ3) is 2.91. The summed E-state index contributed by atoms with van der Waals surface area (Å²) >= 11 is 0. The Hall–Kier alpha value is -2.07. The van der Waals surface area contributed by atoms with Crippen molar-refractivity contribution in [3.8, 4) is 5.75 Å². The Morgan fingerprint density at radius 2 is 2.35 bits per heavy atom. The van der Waals surface area contributed by atoms with Crippen molar-refractivity contribution in [1.29, 1.82) is 0 Å². The van der Waals surface area contributed by atoms with Crippen molar-refractivity contribution >= 4 is 5.57 Å². The predicted molar refractivity (Wildman–Crippen MR) is 79.5 cm³/mol. The molecule has 0 saturated heterocycles. The molecule has 0 radical (unpaired) electrons. The first-order valence-electron chi connectivity index (χ1n) is 6.88. The van der Waals surface area contributed by atoms with Gasteiger partial charge in [-0.2, -0.15) is 0 Å². The van der Waals surface area contributed by atoms with Gasteiger partial charge in [-0.3, -0.25) is 4.90 Å². The van der Waals surface area contributed by atoms with Crippen molar-refractivity contribution in [2.45, 2.75) is 13.0 Å². The zero-order chi connectivity index (χ0) is 13.8. The Kier molecular flexibility index (Phi) is 3.83. The lowest BCUT2D eigenvalue weighted by Crippen LogP contribution is -2.28. The molecule has 2 heterocycles. The van der Waals surface area contributed by atoms with Gasteiger partial charge in [0.05, 0.1) is 13.4 Å². The third-order valence-electron chi connectivity index (χ3n) is 3.68. The number of methoxy groups -OCH3 is 1. The highest BCUT2D eigenvalue weighted by molar-refractivity contribution is 5.67. The summed E-state index contributed by atoms with van der Waals surface area (Å²) in [6, 6.07) is 8.29. The van der Waals surface area contributed by atoms with Crippen LogP contribution in [0.3, 0.4) is 0 Å². The number of ether oxygens (including phenoxy) is 1. The van der Waals surface area contributed by atoms with E-state index in [0.29, 0.717) is 0 Å². The van der Waals surface area contributed by atoms with Crippen molar-refractivity contribution in [1.82, 2.24) is 14.9 Å². The smallest absolute Gasteiger partial charge is 0.119 e. The summed E-state index contributed by atoms with van der Waals surface area (Å²) in [5, 5.41) is 0. The lowest BCUT2D eigenvalue weighted by molar-refractivity contribution is 0.291. The zero-order valence-corrected chi connectivity index (χ0v) is 11.7. The molecule has 2 aromatic rings. The van der Waals surface area contributed by atoms with Crippen LogP contribution in [0.5, 0.6) is 5.75 Å². The van der Waals surface area contributed by atoms with E-state index in [-0.39, 0.29) is 0 Å². The van der Waals surface area contributed by atoms with Gasteiger partial charge in [-0.15, -0.1) is 0 Å². The number of hydrogen-bond donors (Lipinski definition) is 1. The number of hydrogen-bond acceptors (Lipinski definition) is 3. The SMILES string of the molecule is COc1cccc(C2=CCN(Cc3cnc[nH]3)CC2)c1. The van der Waals surface area contributed by atoms with Crippen molar-refractivity contribution in [3.63, 3.8) is 0 Å². The minimum Gasteiger partial charge on any atom is -0.497 e. The van der Waals surface area contributed by atoms with E-state index in [2.05, 4.69) is 33.1 Å². The van der Waals surface area contributed by atoms with Crippen LogP contribution in [0.25, 0.3) is 5.57 Å². The minimum atomic E-state index is 0.920. The highest BCUT2D eigenvalue weighted by Gasteiger charge is 2.13. The Labute approximate surface area is 119 Å². The average molecular weight is 269 g/mol. The molecule has 104 valence electrons. The Morgan fingerprint density at radius 3 is 3.05 bits per heavy atom. The maximum absolute atomic E-state index is 5.29. The van der Waals surface area contributed by atoms with Gasteiger partial charge in [0.25, 0.3) is 0 Å². The van der Waals surface area contributed by atoms with Gasteiger partial charge < -0.3 is 9.72 Å². The molecule has 4 nitrogen and oxygen atoms in total. The fraction of sp³-hybridized carbons (Fsp3) is 0.312. The van der Waals surface area contributed by atoms with E-state index in [1.807, 2.05) is 18.3 Å². The Morgan fingerprint density at radius 1 is 1.40 bits per heavy atom. The van der Waals surface area contributed by atoms with Crippen molar-refractivity contribution < 1.29 is 4.74 Å². The standard InChI is InChI=1S/C16H19N3O/c1-20-16-4-2-3-14(9-16)13-5-7-19(8-6-13)11-15-10-17-12-18-15/h2-5,9-10,12H,6-8,11H2,1H3,(H,17,18). The molecule has 0 fully saturated rings. The molecule has 1 aromatic heterocycles. The van der Waals surface area contributed by atoms with Gasteiger partial charge in [0.15, 0.2) is 0 Å². The van der Waals surface area contributed by atoms with E-state index < -0.39 is 0 Å². The summed E-state index contributed by atoms with van der Waals surface area (Å²) in [4.78, 5) is 9.62. The number of aromatic amines is 1. The summed E-state index contributed by atoms with van der Waals surface area (Å²) in [5.74, 6) is 0.920. The summed E-state index contributed by atoms with van der Waals surface area (Å²) in [6.45, 7) is 2.98. The first kappa shape index (κ1) is 12.9. The quantitative estimate of drug-likeness (QED) is 0.928. The van der Waals surface area contributed by atoms with Gasteiger partial charge in [0.2, 0.25) is 0 Å². The molecule has 0 saturated carbocycles. The van der Waals surface area contributed by atoms with Gasteiger partial charge in [0.1, 0.15) is 5.75 Å². The second-order valence-corrected chi connectivity index (χ2v) is 5.02. The molecule has 1 aliphatic rings. The summed E-state index contributed by atoms with van der Waals surface area (Å²) < 4.78 is 5.29. The van der Waals surface area contributed by atoms with E-state index in [4.69, 9.17) is 4.74 Å². The van der Waals surface area contributed by atoms with E-state index in [1.165, 1.54) is 16.8 Å². The van der Waals surface area contributed by atoms with Crippen LogP contribution in [0.4, 0.5) is 0 Å². The van der Waals surface area contributed by atoms with Crippen molar-refractivity contribution in [2.75, 3.05) is 20.2 Å². The molecule has 1 aromatic carbocycles. The monoisotopic (exact) mass is 269 g/mol. The second-order valence-electron chi connectivity index (χ2n) is 5.02. The zero-order valence-electron chi connectivity index (χ0n) is 11.7. The number of H-pyrrole nitrogens is 1. The minimum absolute atomic E-state index is 0.920. The van der Waals surface area contributed by atoms with Crippen LogP contribution in [-0.2, 0) is 6.54 Å². The van der Waals surface area contributed by atoms with Crippen LogP contribution < -0.4 is 4.74 Å². The Balaban J connectivity index is 1.67. The fourth-order valence-corrected chi connectivity index (χ4v) is 2.55. The maximum atomic E-state index is 5.29. The van der Waals surface area contributed by atoms with E-state index in [1.54, 1.807) is 13.4 Å². The first-order valence-corrected chi connectivity index (χ1v) is 6.88. The van der Waals surface area contributed by atoms with Gasteiger partial charge in [-0.1, -0.05) is 18.2 Å². The lowest BCUT2D eigenvalue weighted by atomic mass is 9.99. The van der Waals surface area contributed by atoms with E-state index >= 15 is 0 Å². The van der Waals surface area contributed by atoms with Crippen LogP contribution >= 0.6 is 0 Å². The summed E-state index contributed by atoms with van der Waals surface area (Å²) in [7, 11) is 1.71. The molecular formula is C16H19N3O. The normalized spacial score (nSPS) is 15.9. The second kappa shape index (κ2) is 5.92. The van der Waals surface area contributed by atoms with Crippen molar-refractivity contribution in [2.24, 2.45) is 0 Å². The topological polar surface area (TPSA) is 41.1 Å². The molecule has 1 N–H and O–H groups in total. The van der Waals surface area contributed by atoms with Crippen LogP contribution in [0.2, 0.25) is 0 Å². The highest BCUT2D eigenvalue weighted by atomic mass is 16.5. The molecule has 0 amide bonds. The fourth-order valence-electron chi connectivity index (χ4n) is 2.55. The van der Waals surface area contributed by atoms with Gasteiger partial charge >= 0.3 is 0 Å². The molecule has 20 heavy (non-hydrogen) atoms.